The van der Waals surface area contributed by atoms with Crippen LogP contribution >= 0.6 is 0 Å². The zero-order chi connectivity index (χ0) is 18.3. The number of likely N-dealkylation sites (tertiary alicyclic amines) is 1. The minimum Gasteiger partial charge on any atom is -0.398 e. The molecule has 0 amide bonds. The highest BCUT2D eigenvalue weighted by molar-refractivity contribution is 6.53. The predicted octanol–water partition coefficient (Wildman–Crippen LogP) is 3.20. The van der Waals surface area contributed by atoms with Crippen LogP contribution in [0, 0.1) is 11.3 Å². The highest BCUT2D eigenvalue weighted by Gasteiger charge is 2.54. The summed E-state index contributed by atoms with van der Waals surface area (Å²) in [6, 6.07) is 0. The Bertz CT molecular complexity index is 483. The smallest absolute Gasteiger partial charge is 0.398 e. The number of halogens is 1. The maximum absolute atomic E-state index is 15.3. The quantitative estimate of drug-likeness (QED) is 0.798. The van der Waals surface area contributed by atoms with Gasteiger partial charge in [0.2, 0.25) is 0 Å². The van der Waals surface area contributed by atoms with Gasteiger partial charge in [0, 0.05) is 19.7 Å². The van der Waals surface area contributed by atoms with Crippen LogP contribution in [-0.4, -0.2) is 54.6 Å². The molecule has 2 aliphatic heterocycles. The Morgan fingerprint density at radius 3 is 2.17 bits per heavy atom. The Hall–Kier alpha value is -0.425. The van der Waals surface area contributed by atoms with E-state index in [2.05, 4.69) is 4.90 Å². The van der Waals surface area contributed by atoms with Crippen molar-refractivity contribution in [3.63, 3.8) is 0 Å². The van der Waals surface area contributed by atoms with Gasteiger partial charge in [-0.2, -0.15) is 0 Å². The van der Waals surface area contributed by atoms with Crippen molar-refractivity contribution in [1.82, 2.24) is 4.90 Å². The number of hydrogen-bond donors (Lipinski definition) is 1. The zero-order valence-electron chi connectivity index (χ0n) is 16.3. The Labute approximate surface area is 146 Å². The largest absolute Gasteiger partial charge is 0.525 e. The molecule has 0 aromatic heterocycles. The highest BCUT2D eigenvalue weighted by atomic mass is 19.1. The molecular formula is C18H33BFNO3. The van der Waals surface area contributed by atoms with Gasteiger partial charge in [0.15, 0.2) is 0 Å². The Morgan fingerprint density at radius 1 is 1.21 bits per heavy atom. The second kappa shape index (κ2) is 6.71. The molecule has 2 saturated heterocycles. The van der Waals surface area contributed by atoms with E-state index in [1.165, 1.54) is 0 Å². The molecule has 138 valence electrons. The molecular weight excluding hydrogens is 308 g/mol. The van der Waals surface area contributed by atoms with Crippen molar-refractivity contribution in [1.29, 1.82) is 0 Å². The van der Waals surface area contributed by atoms with Gasteiger partial charge >= 0.3 is 7.12 Å². The molecule has 1 N–H and O–H groups in total. The van der Waals surface area contributed by atoms with E-state index in [-0.39, 0.29) is 17.7 Å². The van der Waals surface area contributed by atoms with E-state index in [0.717, 1.165) is 25.1 Å². The molecule has 2 heterocycles. The third kappa shape index (κ3) is 4.04. The second-order valence-electron chi connectivity index (χ2n) is 9.24. The zero-order valence-corrected chi connectivity index (χ0v) is 16.3. The molecule has 6 heteroatoms. The van der Waals surface area contributed by atoms with Crippen LogP contribution in [0.3, 0.4) is 0 Å². The molecule has 0 aromatic rings. The van der Waals surface area contributed by atoms with Gasteiger partial charge in [0.25, 0.3) is 0 Å². The second-order valence-corrected chi connectivity index (χ2v) is 9.24. The maximum Gasteiger partial charge on any atom is 0.525 e. The Morgan fingerprint density at radius 2 is 1.75 bits per heavy atom. The number of hydrogen-bond acceptors (Lipinski definition) is 4. The fourth-order valence-electron chi connectivity index (χ4n) is 3.19. The van der Waals surface area contributed by atoms with E-state index in [9.17, 15) is 5.11 Å². The fourth-order valence-corrected chi connectivity index (χ4v) is 3.19. The first-order chi connectivity index (χ1) is 10.9. The molecule has 2 aliphatic rings. The number of rotatable bonds is 4. The monoisotopic (exact) mass is 341 g/mol. The standard InChI is InChI=1S/C18H33BFNO3/c1-16(2,3)14(11-21-9-8-13(10-21)12-22)15(20)19-23-17(4,5)18(6,7)24-19/h13,22H,8-12H2,1-7H3. The van der Waals surface area contributed by atoms with Gasteiger partial charge in [-0.1, -0.05) is 20.8 Å². The minimum atomic E-state index is -0.944. The summed E-state index contributed by atoms with van der Waals surface area (Å²) < 4.78 is 27.1. The van der Waals surface area contributed by atoms with E-state index in [1.54, 1.807) is 0 Å². The molecule has 2 rings (SSSR count). The van der Waals surface area contributed by atoms with Crippen molar-refractivity contribution in [2.45, 2.75) is 66.1 Å². The molecule has 0 aliphatic carbocycles. The minimum absolute atomic E-state index is 0.199. The van der Waals surface area contributed by atoms with Crippen LogP contribution in [0.2, 0.25) is 0 Å². The lowest BCUT2D eigenvalue weighted by molar-refractivity contribution is 0.00578. The summed E-state index contributed by atoms with van der Waals surface area (Å²) in [7, 11) is -0.944. The summed E-state index contributed by atoms with van der Waals surface area (Å²) >= 11 is 0. The number of nitrogens with zero attached hydrogens (tertiary/aromatic N) is 1. The van der Waals surface area contributed by atoms with Crippen LogP contribution in [0.4, 0.5) is 4.39 Å². The average molecular weight is 341 g/mol. The third-order valence-electron chi connectivity index (χ3n) is 5.66. The first-order valence-electron chi connectivity index (χ1n) is 8.95. The van der Waals surface area contributed by atoms with Gasteiger partial charge < -0.3 is 14.4 Å². The summed E-state index contributed by atoms with van der Waals surface area (Å²) in [4.78, 5) is 2.21. The molecule has 0 radical (unpaired) electrons. The van der Waals surface area contributed by atoms with E-state index < -0.39 is 18.3 Å². The van der Waals surface area contributed by atoms with Gasteiger partial charge in [0.1, 0.15) is 5.73 Å². The summed E-state index contributed by atoms with van der Waals surface area (Å²) in [6.07, 6.45) is 0.964. The molecule has 0 bridgehead atoms. The van der Waals surface area contributed by atoms with Crippen molar-refractivity contribution >= 4 is 7.12 Å². The Kier molecular flexibility index (Phi) is 5.56. The van der Waals surface area contributed by atoms with Crippen LogP contribution < -0.4 is 0 Å². The molecule has 0 spiro atoms. The lowest BCUT2D eigenvalue weighted by Crippen LogP contribution is -2.41. The van der Waals surface area contributed by atoms with Crippen LogP contribution in [0.25, 0.3) is 0 Å². The number of aliphatic hydroxyl groups is 1. The fraction of sp³-hybridized carbons (Fsp3) is 0.889. The maximum atomic E-state index is 15.3. The van der Waals surface area contributed by atoms with E-state index in [0.29, 0.717) is 12.5 Å². The third-order valence-corrected chi connectivity index (χ3v) is 5.66. The Balaban J connectivity index is 2.22. The molecule has 4 nitrogen and oxygen atoms in total. The summed E-state index contributed by atoms with van der Waals surface area (Å²) in [5.41, 5.74) is -0.986. The normalized spacial score (nSPS) is 28.4. The first kappa shape index (κ1) is 19.9. The molecule has 2 fully saturated rings. The molecule has 0 aromatic carbocycles. The summed E-state index contributed by atoms with van der Waals surface area (Å²) in [5, 5.41) is 9.32. The highest BCUT2D eigenvalue weighted by Crippen LogP contribution is 2.41. The SMILES string of the molecule is CC(C)(C)C(CN1CCC(CO)C1)=C(F)B1OC(C)(C)C(C)(C)O1. The summed E-state index contributed by atoms with van der Waals surface area (Å²) in [5.74, 6) is 0.297. The van der Waals surface area contributed by atoms with Crippen LogP contribution in [0.15, 0.2) is 11.3 Å². The van der Waals surface area contributed by atoms with Crippen molar-refractivity contribution in [3.8, 4) is 0 Å². The van der Waals surface area contributed by atoms with Gasteiger partial charge in [-0.15, -0.1) is 0 Å². The van der Waals surface area contributed by atoms with Gasteiger partial charge in [-0.05, 0) is 57.6 Å². The predicted molar refractivity (Wildman–Crippen MR) is 95.3 cm³/mol. The van der Waals surface area contributed by atoms with Crippen molar-refractivity contribution in [2.75, 3.05) is 26.2 Å². The van der Waals surface area contributed by atoms with E-state index in [1.807, 2.05) is 48.5 Å². The van der Waals surface area contributed by atoms with Crippen LogP contribution in [-0.2, 0) is 9.31 Å². The number of aliphatic hydroxyl groups excluding tert-OH is 1. The van der Waals surface area contributed by atoms with E-state index >= 15 is 4.39 Å². The average Bonchev–Trinajstić information content (AvgIpc) is 2.96. The van der Waals surface area contributed by atoms with Crippen molar-refractivity contribution in [2.24, 2.45) is 11.3 Å². The van der Waals surface area contributed by atoms with Crippen LogP contribution in [0.5, 0.6) is 0 Å². The first-order valence-corrected chi connectivity index (χ1v) is 8.95. The van der Waals surface area contributed by atoms with Crippen molar-refractivity contribution < 1.29 is 18.8 Å². The molecule has 0 saturated carbocycles. The van der Waals surface area contributed by atoms with Gasteiger partial charge in [0.05, 0.1) is 11.2 Å². The molecule has 24 heavy (non-hydrogen) atoms. The molecule has 1 unspecified atom stereocenters. The molecule has 1 atom stereocenters. The van der Waals surface area contributed by atoms with Gasteiger partial charge in [-0.3, -0.25) is 4.90 Å². The van der Waals surface area contributed by atoms with Crippen LogP contribution in [0.1, 0.15) is 54.9 Å². The topological polar surface area (TPSA) is 41.9 Å². The summed E-state index contributed by atoms with van der Waals surface area (Å²) in [6.45, 7) is 16.3. The van der Waals surface area contributed by atoms with Crippen molar-refractivity contribution in [3.05, 3.63) is 11.3 Å². The van der Waals surface area contributed by atoms with Gasteiger partial charge in [-0.25, -0.2) is 4.39 Å². The van der Waals surface area contributed by atoms with E-state index in [4.69, 9.17) is 9.31 Å². The lowest BCUT2D eigenvalue weighted by Gasteiger charge is -2.32. The lowest BCUT2D eigenvalue weighted by atomic mass is 9.75.